The molecule has 162 valence electrons. The molecule has 3 heterocycles. The summed E-state index contributed by atoms with van der Waals surface area (Å²) >= 11 is 0. The highest BCUT2D eigenvalue weighted by atomic mass is 16.4. The fourth-order valence-corrected chi connectivity index (χ4v) is 4.37. The van der Waals surface area contributed by atoms with Gasteiger partial charge in [-0.05, 0) is 52.7 Å². The lowest BCUT2D eigenvalue weighted by molar-refractivity contribution is 0.0728. The zero-order valence-corrected chi connectivity index (χ0v) is 18.4. The van der Waals surface area contributed by atoms with Gasteiger partial charge in [0, 0.05) is 36.2 Å². The van der Waals surface area contributed by atoms with Gasteiger partial charge in [-0.2, -0.15) is 0 Å². The van der Waals surface area contributed by atoms with Gasteiger partial charge in [0.05, 0.1) is 11.5 Å². The minimum Gasteiger partial charge on any atom is -0.445 e. The quantitative estimate of drug-likeness (QED) is 0.617. The fraction of sp³-hybridized carbons (Fsp3) is 0.417. The molecule has 0 amide bonds. The van der Waals surface area contributed by atoms with Gasteiger partial charge in [0.1, 0.15) is 17.1 Å². The molecule has 4 rings (SSSR count). The Morgan fingerprint density at radius 2 is 1.94 bits per heavy atom. The number of piperidine rings is 1. The Bertz CT molecular complexity index is 1070. The molecule has 0 radical (unpaired) electrons. The van der Waals surface area contributed by atoms with Crippen LogP contribution in [0.15, 0.2) is 41.1 Å². The van der Waals surface area contributed by atoms with Crippen molar-refractivity contribution in [3.05, 3.63) is 59.6 Å². The maximum absolute atomic E-state index is 11.8. The zero-order chi connectivity index (χ0) is 22.2. The molecule has 1 N–H and O–H groups in total. The van der Waals surface area contributed by atoms with Crippen LogP contribution in [0, 0.1) is 6.92 Å². The second-order valence-electron chi connectivity index (χ2n) is 8.72. The van der Waals surface area contributed by atoms with Crippen molar-refractivity contribution in [2.24, 2.45) is 0 Å². The van der Waals surface area contributed by atoms with Crippen LogP contribution in [0.2, 0.25) is 0 Å². The first kappa shape index (κ1) is 21.2. The van der Waals surface area contributed by atoms with Crippen molar-refractivity contribution in [1.29, 1.82) is 0 Å². The largest absolute Gasteiger partial charge is 0.445 e. The molecule has 2 atom stereocenters. The van der Waals surface area contributed by atoms with Crippen LogP contribution in [-0.2, 0) is 5.60 Å². The summed E-state index contributed by atoms with van der Waals surface area (Å²) in [6.07, 6.45) is 6.11. The lowest BCUT2D eigenvalue weighted by Gasteiger charge is -2.39. The van der Waals surface area contributed by atoms with Gasteiger partial charge in [0.2, 0.25) is 0 Å². The van der Waals surface area contributed by atoms with Gasteiger partial charge in [0.15, 0.2) is 18.0 Å². The summed E-state index contributed by atoms with van der Waals surface area (Å²) in [4.78, 5) is 27.6. The third kappa shape index (κ3) is 4.10. The van der Waals surface area contributed by atoms with Gasteiger partial charge in [-0.1, -0.05) is 12.1 Å². The maximum atomic E-state index is 11.8. The first-order valence-electron chi connectivity index (χ1n) is 10.6. The number of anilines is 1. The van der Waals surface area contributed by atoms with E-state index in [1.807, 2.05) is 19.1 Å². The predicted octanol–water partition coefficient (Wildman–Crippen LogP) is 4.25. The number of nitrogens with zero attached hydrogens (tertiary/aromatic N) is 4. The lowest BCUT2D eigenvalue weighted by Crippen LogP contribution is -2.41. The van der Waals surface area contributed by atoms with Crippen LogP contribution in [0.4, 0.5) is 5.69 Å². The molecule has 2 aromatic heterocycles. The van der Waals surface area contributed by atoms with Crippen LogP contribution in [-0.4, -0.2) is 38.9 Å². The van der Waals surface area contributed by atoms with Crippen LogP contribution in [0.5, 0.6) is 0 Å². The number of carbonyl (C=O) groups is 1. The number of aromatic nitrogens is 3. The van der Waals surface area contributed by atoms with Crippen LogP contribution in [0.1, 0.15) is 67.2 Å². The van der Waals surface area contributed by atoms with Crippen LogP contribution in [0.25, 0.3) is 11.4 Å². The first-order valence-corrected chi connectivity index (χ1v) is 10.6. The summed E-state index contributed by atoms with van der Waals surface area (Å²) in [6.45, 7) is 8.14. The van der Waals surface area contributed by atoms with Gasteiger partial charge in [0.25, 0.3) is 0 Å². The van der Waals surface area contributed by atoms with Gasteiger partial charge >= 0.3 is 0 Å². The molecule has 1 aliphatic heterocycles. The maximum Gasteiger partial charge on any atom is 0.199 e. The topological polar surface area (TPSA) is 92.4 Å². The van der Waals surface area contributed by atoms with E-state index in [2.05, 4.69) is 26.8 Å². The van der Waals surface area contributed by atoms with Crippen molar-refractivity contribution >= 4 is 12.0 Å². The van der Waals surface area contributed by atoms with E-state index in [9.17, 15) is 9.90 Å². The molecule has 0 bridgehead atoms. The highest BCUT2D eigenvalue weighted by molar-refractivity contribution is 5.92. The lowest BCUT2D eigenvalue weighted by atomic mass is 9.91. The molecule has 1 saturated heterocycles. The Balaban J connectivity index is 1.73. The SMILES string of the molecule is Cc1oc([C@@H]2CC[C@@H](C)N(c3cccc(C=O)c3-c3ncccn3)C2)nc1C(C)(C)O. The van der Waals surface area contributed by atoms with E-state index in [1.54, 1.807) is 38.4 Å². The number of carbonyl (C=O) groups excluding carboxylic acids is 1. The third-order valence-corrected chi connectivity index (χ3v) is 5.92. The van der Waals surface area contributed by atoms with Crippen molar-refractivity contribution < 1.29 is 14.3 Å². The number of benzene rings is 1. The van der Waals surface area contributed by atoms with Gasteiger partial charge in [-0.15, -0.1) is 0 Å². The van der Waals surface area contributed by atoms with Gasteiger partial charge in [-0.3, -0.25) is 4.79 Å². The van der Waals surface area contributed by atoms with E-state index < -0.39 is 5.60 Å². The summed E-state index contributed by atoms with van der Waals surface area (Å²) in [7, 11) is 0. The molecule has 0 spiro atoms. The fourth-order valence-electron chi connectivity index (χ4n) is 4.37. The molecular formula is C24H28N4O3. The molecule has 7 heteroatoms. The zero-order valence-electron chi connectivity index (χ0n) is 18.4. The summed E-state index contributed by atoms with van der Waals surface area (Å²) in [5.74, 6) is 1.91. The third-order valence-electron chi connectivity index (χ3n) is 5.92. The monoisotopic (exact) mass is 420 g/mol. The van der Waals surface area contributed by atoms with Gasteiger partial charge in [-0.25, -0.2) is 15.0 Å². The number of hydrogen-bond acceptors (Lipinski definition) is 7. The molecule has 3 aromatic rings. The Kier molecular flexibility index (Phi) is 5.62. The van der Waals surface area contributed by atoms with E-state index in [0.717, 1.165) is 30.4 Å². The first-order chi connectivity index (χ1) is 14.8. The van der Waals surface area contributed by atoms with E-state index in [1.165, 1.54) is 0 Å². The number of aliphatic hydroxyl groups is 1. The molecule has 1 aromatic carbocycles. The summed E-state index contributed by atoms with van der Waals surface area (Å²) in [5, 5.41) is 10.4. The molecule has 7 nitrogen and oxygen atoms in total. The van der Waals surface area contributed by atoms with E-state index in [-0.39, 0.29) is 12.0 Å². The number of oxazole rings is 1. The molecule has 1 fully saturated rings. The van der Waals surface area contributed by atoms with Crippen LogP contribution < -0.4 is 4.90 Å². The number of hydrogen-bond donors (Lipinski definition) is 1. The standard InChI is InChI=1S/C24H28N4O3/c1-15-9-10-17(23-27-21(16(2)31-23)24(3,4)30)13-28(15)19-8-5-7-18(14-29)20(19)22-25-11-6-12-26-22/h5-8,11-12,14-15,17,30H,9-10,13H2,1-4H3/t15-,17-/m1/s1. The number of aldehydes is 1. The van der Waals surface area contributed by atoms with Crippen molar-refractivity contribution in [2.45, 2.75) is 58.1 Å². The van der Waals surface area contributed by atoms with E-state index in [4.69, 9.17) is 4.42 Å². The number of aryl methyl sites for hydroxylation is 1. The Morgan fingerprint density at radius 3 is 2.58 bits per heavy atom. The smallest absolute Gasteiger partial charge is 0.199 e. The van der Waals surface area contributed by atoms with E-state index in [0.29, 0.717) is 35.3 Å². The average Bonchev–Trinajstić information content (AvgIpc) is 3.16. The van der Waals surface area contributed by atoms with Crippen molar-refractivity contribution in [3.63, 3.8) is 0 Å². The molecule has 0 unspecified atom stereocenters. The minimum atomic E-state index is -1.05. The molecular weight excluding hydrogens is 392 g/mol. The predicted molar refractivity (Wildman–Crippen MR) is 118 cm³/mol. The van der Waals surface area contributed by atoms with Crippen LogP contribution >= 0.6 is 0 Å². The summed E-state index contributed by atoms with van der Waals surface area (Å²) < 4.78 is 5.98. The Morgan fingerprint density at radius 1 is 1.19 bits per heavy atom. The Hall–Kier alpha value is -3.06. The second-order valence-corrected chi connectivity index (χ2v) is 8.72. The highest BCUT2D eigenvalue weighted by Gasteiger charge is 2.33. The number of rotatable bonds is 5. The van der Waals surface area contributed by atoms with Crippen molar-refractivity contribution in [3.8, 4) is 11.4 Å². The summed E-state index contributed by atoms with van der Waals surface area (Å²) in [5.41, 5.74) is 1.76. The Labute approximate surface area is 182 Å². The van der Waals surface area contributed by atoms with Gasteiger partial charge < -0.3 is 14.4 Å². The second kappa shape index (κ2) is 8.23. The summed E-state index contributed by atoms with van der Waals surface area (Å²) in [6, 6.07) is 7.73. The van der Waals surface area contributed by atoms with Crippen molar-refractivity contribution in [1.82, 2.24) is 15.0 Å². The van der Waals surface area contributed by atoms with Crippen molar-refractivity contribution in [2.75, 3.05) is 11.4 Å². The van der Waals surface area contributed by atoms with Crippen LogP contribution in [0.3, 0.4) is 0 Å². The molecule has 0 aliphatic carbocycles. The average molecular weight is 421 g/mol. The molecule has 1 aliphatic rings. The van der Waals surface area contributed by atoms with E-state index >= 15 is 0 Å². The normalized spacial score (nSPS) is 19.5. The molecule has 31 heavy (non-hydrogen) atoms. The highest BCUT2D eigenvalue weighted by Crippen LogP contribution is 2.39. The molecule has 0 saturated carbocycles. The minimum absolute atomic E-state index is 0.0791.